The van der Waals surface area contributed by atoms with E-state index in [0.29, 0.717) is 29.5 Å². The molecule has 1 atom stereocenters. The van der Waals surface area contributed by atoms with E-state index in [0.717, 1.165) is 5.56 Å². The predicted molar refractivity (Wildman–Crippen MR) is 87.1 cm³/mol. The van der Waals surface area contributed by atoms with Gasteiger partial charge in [0, 0.05) is 29.7 Å². The Bertz CT molecular complexity index is 627. The Morgan fingerprint density at radius 3 is 2.78 bits per heavy atom. The van der Waals surface area contributed by atoms with Gasteiger partial charge in [0.25, 0.3) is 0 Å². The largest absolute Gasteiger partial charge is 0.460 e. The molecule has 2 rings (SSSR count). The van der Waals surface area contributed by atoms with E-state index in [4.69, 9.17) is 21.1 Å². The first-order valence-electron chi connectivity index (χ1n) is 7.54. The predicted octanol–water partition coefficient (Wildman–Crippen LogP) is 2.80. The van der Waals surface area contributed by atoms with Gasteiger partial charge in [-0.05, 0) is 25.5 Å². The number of hydrogen-bond acceptors (Lipinski definition) is 4. The Hall–Kier alpha value is -1.85. The highest BCUT2D eigenvalue weighted by Gasteiger charge is 2.33. The summed E-state index contributed by atoms with van der Waals surface area (Å²) < 4.78 is 10.4. The zero-order valence-corrected chi connectivity index (χ0v) is 14.0. The summed E-state index contributed by atoms with van der Waals surface area (Å²) in [6.45, 7) is 4.65. The molecular weight excluding hydrogens is 318 g/mol. The average Bonchev–Trinajstić information content (AvgIpc) is 2.51. The molecule has 124 valence electrons. The molecule has 0 saturated heterocycles. The molecule has 1 aromatic rings. The minimum atomic E-state index is -0.452. The van der Waals surface area contributed by atoms with Crippen LogP contribution >= 0.6 is 11.6 Å². The quantitative estimate of drug-likeness (QED) is 0.640. The van der Waals surface area contributed by atoms with E-state index in [1.807, 2.05) is 25.1 Å². The van der Waals surface area contributed by atoms with E-state index in [-0.39, 0.29) is 18.9 Å². The highest BCUT2D eigenvalue weighted by molar-refractivity contribution is 6.31. The molecule has 0 spiro atoms. The molecule has 1 unspecified atom stereocenters. The molecule has 5 nitrogen and oxygen atoms in total. The molecule has 1 aromatic carbocycles. The Balaban J connectivity index is 2.25. The number of carbonyl (C=O) groups excluding carboxylic acids is 2. The van der Waals surface area contributed by atoms with Gasteiger partial charge in [-0.2, -0.15) is 0 Å². The van der Waals surface area contributed by atoms with Crippen LogP contribution in [0, 0.1) is 0 Å². The minimum Gasteiger partial charge on any atom is -0.460 e. The summed E-state index contributed by atoms with van der Waals surface area (Å²) in [6, 6.07) is 7.22. The molecule has 1 N–H and O–H groups in total. The van der Waals surface area contributed by atoms with Crippen LogP contribution in [0.4, 0.5) is 0 Å². The van der Waals surface area contributed by atoms with E-state index in [9.17, 15) is 9.59 Å². The Kier molecular flexibility index (Phi) is 6.19. The summed E-state index contributed by atoms with van der Waals surface area (Å²) >= 11 is 6.24. The van der Waals surface area contributed by atoms with Crippen molar-refractivity contribution in [3.8, 4) is 0 Å². The topological polar surface area (TPSA) is 64.6 Å². The van der Waals surface area contributed by atoms with E-state index in [1.54, 1.807) is 13.0 Å². The summed E-state index contributed by atoms with van der Waals surface area (Å²) in [5, 5.41) is 3.22. The van der Waals surface area contributed by atoms with Crippen LogP contribution < -0.4 is 5.32 Å². The van der Waals surface area contributed by atoms with E-state index >= 15 is 0 Å². The number of hydrogen-bond donors (Lipinski definition) is 1. The van der Waals surface area contributed by atoms with Gasteiger partial charge in [-0.15, -0.1) is 0 Å². The van der Waals surface area contributed by atoms with Crippen molar-refractivity contribution < 1.29 is 19.1 Å². The van der Waals surface area contributed by atoms with Crippen LogP contribution in [0.3, 0.4) is 0 Å². The highest BCUT2D eigenvalue weighted by atomic mass is 35.5. The third-order valence-electron chi connectivity index (χ3n) is 3.63. The lowest BCUT2D eigenvalue weighted by Gasteiger charge is -2.27. The molecule has 1 aliphatic rings. The lowest BCUT2D eigenvalue weighted by atomic mass is 9.84. The van der Waals surface area contributed by atoms with Crippen LogP contribution in [0.25, 0.3) is 0 Å². The summed E-state index contributed by atoms with van der Waals surface area (Å²) in [7, 11) is 0. The van der Waals surface area contributed by atoms with Crippen molar-refractivity contribution in [2.45, 2.75) is 26.2 Å². The molecule has 1 amide bonds. The third kappa shape index (κ3) is 4.33. The van der Waals surface area contributed by atoms with Gasteiger partial charge >= 0.3 is 5.97 Å². The number of carbonyl (C=O) groups is 2. The Labute approximate surface area is 140 Å². The summed E-state index contributed by atoms with van der Waals surface area (Å²) in [5.74, 6) is -0.998. The number of halogens is 1. The first-order chi connectivity index (χ1) is 11.0. The highest BCUT2D eigenvalue weighted by Crippen LogP contribution is 2.36. The normalized spacial score (nSPS) is 17.9. The van der Waals surface area contributed by atoms with Gasteiger partial charge in [0.15, 0.2) is 0 Å². The number of esters is 1. The van der Waals surface area contributed by atoms with Crippen LogP contribution in [0.1, 0.15) is 31.7 Å². The fraction of sp³-hybridized carbons (Fsp3) is 0.412. The lowest BCUT2D eigenvalue weighted by molar-refractivity contribution is -0.141. The standard InChI is InChI=1S/C17H20ClNO4/c1-3-22-8-9-23-17(21)16-11(2)19-15(20)10-13(16)12-6-4-5-7-14(12)18/h4-7,13H,3,8-10H2,1-2H3,(H,19,20). The summed E-state index contributed by atoms with van der Waals surface area (Å²) in [5.41, 5.74) is 1.70. The molecule has 1 heterocycles. The fourth-order valence-electron chi connectivity index (χ4n) is 2.61. The monoisotopic (exact) mass is 337 g/mol. The second kappa shape index (κ2) is 8.13. The fourth-order valence-corrected chi connectivity index (χ4v) is 2.88. The van der Waals surface area contributed by atoms with Crippen molar-refractivity contribution in [1.82, 2.24) is 5.32 Å². The van der Waals surface area contributed by atoms with Gasteiger partial charge in [-0.25, -0.2) is 4.79 Å². The second-order valence-corrected chi connectivity index (χ2v) is 5.61. The maximum atomic E-state index is 12.4. The molecule has 0 saturated carbocycles. The van der Waals surface area contributed by atoms with Crippen molar-refractivity contribution in [3.05, 3.63) is 46.1 Å². The molecule has 23 heavy (non-hydrogen) atoms. The van der Waals surface area contributed by atoms with Gasteiger partial charge in [0.1, 0.15) is 6.61 Å². The third-order valence-corrected chi connectivity index (χ3v) is 3.98. The van der Waals surface area contributed by atoms with Crippen LogP contribution in [0.2, 0.25) is 5.02 Å². The number of benzene rings is 1. The number of ether oxygens (including phenoxy) is 2. The van der Waals surface area contributed by atoms with Gasteiger partial charge < -0.3 is 14.8 Å². The number of allylic oxidation sites excluding steroid dienone is 1. The molecule has 6 heteroatoms. The van der Waals surface area contributed by atoms with Crippen molar-refractivity contribution in [3.63, 3.8) is 0 Å². The Morgan fingerprint density at radius 1 is 1.35 bits per heavy atom. The zero-order valence-electron chi connectivity index (χ0n) is 13.2. The van der Waals surface area contributed by atoms with Crippen LogP contribution in [-0.2, 0) is 19.1 Å². The molecule has 0 aliphatic carbocycles. The van der Waals surface area contributed by atoms with Gasteiger partial charge in [-0.1, -0.05) is 29.8 Å². The zero-order chi connectivity index (χ0) is 16.8. The molecule has 0 fully saturated rings. The maximum Gasteiger partial charge on any atom is 0.336 e. The van der Waals surface area contributed by atoms with Crippen molar-refractivity contribution in [2.24, 2.45) is 0 Å². The van der Waals surface area contributed by atoms with Gasteiger partial charge in [0.05, 0.1) is 12.2 Å². The average molecular weight is 338 g/mol. The maximum absolute atomic E-state index is 12.4. The molecule has 0 aromatic heterocycles. The SMILES string of the molecule is CCOCCOC(=O)C1=C(C)NC(=O)CC1c1ccccc1Cl. The van der Waals surface area contributed by atoms with Crippen LogP contribution in [0.15, 0.2) is 35.5 Å². The molecule has 0 bridgehead atoms. The number of amides is 1. The molecular formula is C17H20ClNO4. The van der Waals surface area contributed by atoms with E-state index in [2.05, 4.69) is 5.32 Å². The van der Waals surface area contributed by atoms with Gasteiger partial charge in [-0.3, -0.25) is 4.79 Å². The van der Waals surface area contributed by atoms with Crippen molar-refractivity contribution in [1.29, 1.82) is 0 Å². The van der Waals surface area contributed by atoms with E-state index < -0.39 is 11.9 Å². The first kappa shape index (κ1) is 17.5. The molecule has 1 aliphatic heterocycles. The second-order valence-electron chi connectivity index (χ2n) is 5.20. The Morgan fingerprint density at radius 2 is 2.09 bits per heavy atom. The minimum absolute atomic E-state index is 0.140. The van der Waals surface area contributed by atoms with Gasteiger partial charge in [0.2, 0.25) is 5.91 Å². The summed E-state index contributed by atoms with van der Waals surface area (Å²) in [6.07, 6.45) is 0.164. The van der Waals surface area contributed by atoms with E-state index in [1.165, 1.54) is 0 Å². The number of rotatable bonds is 6. The van der Waals surface area contributed by atoms with Crippen molar-refractivity contribution >= 4 is 23.5 Å². The van der Waals surface area contributed by atoms with Crippen molar-refractivity contribution in [2.75, 3.05) is 19.8 Å². The number of nitrogens with one attached hydrogen (secondary N) is 1. The molecule has 0 radical (unpaired) electrons. The lowest BCUT2D eigenvalue weighted by Crippen LogP contribution is -2.34. The smallest absolute Gasteiger partial charge is 0.336 e. The van der Waals surface area contributed by atoms with Crippen LogP contribution in [-0.4, -0.2) is 31.7 Å². The first-order valence-corrected chi connectivity index (χ1v) is 7.92. The summed E-state index contributed by atoms with van der Waals surface area (Å²) in [4.78, 5) is 24.3. The van der Waals surface area contributed by atoms with Crippen LogP contribution in [0.5, 0.6) is 0 Å².